The van der Waals surface area contributed by atoms with Crippen LogP contribution in [0.5, 0.6) is 0 Å². The number of benzene rings is 2. The summed E-state index contributed by atoms with van der Waals surface area (Å²) in [5, 5.41) is 2.90. The van der Waals surface area contributed by atoms with Gasteiger partial charge in [0.15, 0.2) is 0 Å². The van der Waals surface area contributed by atoms with Crippen molar-refractivity contribution in [3.63, 3.8) is 0 Å². The fourth-order valence-corrected chi connectivity index (χ4v) is 5.47. The Morgan fingerprint density at radius 2 is 1.67 bits per heavy atom. The molecule has 0 radical (unpaired) electrons. The third-order valence-corrected chi connectivity index (χ3v) is 7.30. The van der Waals surface area contributed by atoms with Crippen LogP contribution in [0.4, 0.5) is 5.69 Å². The van der Waals surface area contributed by atoms with Gasteiger partial charge in [-0.15, -0.1) is 0 Å². The van der Waals surface area contributed by atoms with Gasteiger partial charge in [-0.2, -0.15) is 4.31 Å². The quantitative estimate of drug-likeness (QED) is 0.876. The van der Waals surface area contributed by atoms with E-state index in [1.165, 1.54) is 21.5 Å². The van der Waals surface area contributed by atoms with Crippen molar-refractivity contribution in [1.82, 2.24) is 4.31 Å². The lowest BCUT2D eigenvalue weighted by Crippen LogP contribution is -2.35. The molecule has 1 aliphatic heterocycles. The predicted molar refractivity (Wildman–Crippen MR) is 105 cm³/mol. The molecular formula is C21H24N2O3S. The van der Waals surface area contributed by atoms with E-state index in [2.05, 4.69) is 11.4 Å². The van der Waals surface area contributed by atoms with E-state index in [0.29, 0.717) is 18.7 Å². The summed E-state index contributed by atoms with van der Waals surface area (Å²) < 4.78 is 27.2. The van der Waals surface area contributed by atoms with Crippen LogP contribution in [0, 0.1) is 0 Å². The number of nitrogens with one attached hydrogen (secondary N) is 1. The predicted octanol–water partition coefficient (Wildman–Crippen LogP) is 3.60. The molecule has 6 heteroatoms. The van der Waals surface area contributed by atoms with Crippen molar-refractivity contribution in [3.05, 3.63) is 59.2 Å². The summed E-state index contributed by atoms with van der Waals surface area (Å²) in [6, 6.07) is 12.3. The van der Waals surface area contributed by atoms with Crippen LogP contribution in [-0.4, -0.2) is 31.7 Å². The Morgan fingerprint density at radius 1 is 0.889 bits per heavy atom. The second-order valence-electron chi connectivity index (χ2n) is 7.28. The summed E-state index contributed by atoms with van der Waals surface area (Å²) >= 11 is 0. The highest BCUT2D eigenvalue weighted by atomic mass is 32.2. The number of carbonyl (C=O) groups is 1. The highest BCUT2D eigenvalue weighted by Gasteiger charge is 2.26. The molecule has 1 heterocycles. The Labute approximate surface area is 160 Å². The van der Waals surface area contributed by atoms with Crippen molar-refractivity contribution < 1.29 is 13.2 Å². The van der Waals surface area contributed by atoms with Crippen molar-refractivity contribution >= 4 is 21.6 Å². The largest absolute Gasteiger partial charge is 0.322 e. The number of amides is 1. The van der Waals surface area contributed by atoms with Gasteiger partial charge in [0, 0.05) is 24.3 Å². The lowest BCUT2D eigenvalue weighted by Gasteiger charge is -2.26. The van der Waals surface area contributed by atoms with Gasteiger partial charge in [-0.25, -0.2) is 8.42 Å². The first kappa shape index (κ1) is 18.2. The van der Waals surface area contributed by atoms with Crippen LogP contribution in [0.15, 0.2) is 47.4 Å². The minimum Gasteiger partial charge on any atom is -0.322 e. The van der Waals surface area contributed by atoms with Crippen LogP contribution >= 0.6 is 0 Å². The smallest absolute Gasteiger partial charge is 0.255 e. The fourth-order valence-electron chi connectivity index (χ4n) is 3.90. The molecule has 0 atom stereocenters. The van der Waals surface area contributed by atoms with Gasteiger partial charge >= 0.3 is 0 Å². The minimum atomic E-state index is -3.55. The van der Waals surface area contributed by atoms with Crippen LogP contribution in [0.25, 0.3) is 0 Å². The van der Waals surface area contributed by atoms with Crippen LogP contribution in [0.2, 0.25) is 0 Å². The minimum absolute atomic E-state index is 0.186. The number of piperidine rings is 1. The van der Waals surface area contributed by atoms with Gasteiger partial charge in [0.25, 0.3) is 5.91 Å². The van der Waals surface area contributed by atoms with Crippen molar-refractivity contribution in [3.8, 4) is 0 Å². The van der Waals surface area contributed by atoms with Crippen LogP contribution in [0.3, 0.4) is 0 Å². The molecule has 2 aromatic carbocycles. The molecular weight excluding hydrogens is 360 g/mol. The molecule has 27 heavy (non-hydrogen) atoms. The SMILES string of the molecule is O=C(Nc1ccc2c(c1)CCC2)c1cccc(S(=O)(=O)N2CCCCC2)c1. The molecule has 0 saturated carbocycles. The fraction of sp³-hybridized carbons (Fsp3) is 0.381. The lowest BCUT2D eigenvalue weighted by molar-refractivity contribution is 0.102. The van der Waals surface area contributed by atoms with Crippen LogP contribution in [0.1, 0.15) is 47.2 Å². The maximum absolute atomic E-state index is 12.8. The molecule has 5 nitrogen and oxygen atoms in total. The molecule has 0 spiro atoms. The highest BCUT2D eigenvalue weighted by Crippen LogP contribution is 2.26. The molecule has 1 fully saturated rings. The summed E-state index contributed by atoms with van der Waals surface area (Å²) in [5.74, 6) is -0.288. The van der Waals surface area contributed by atoms with Crippen LogP contribution < -0.4 is 5.32 Å². The Hall–Kier alpha value is -2.18. The number of rotatable bonds is 4. The van der Waals surface area contributed by atoms with Crippen molar-refractivity contribution in [2.45, 2.75) is 43.4 Å². The zero-order valence-corrected chi connectivity index (χ0v) is 16.1. The van der Waals surface area contributed by atoms with E-state index in [4.69, 9.17) is 0 Å². The second kappa shape index (κ2) is 7.44. The third kappa shape index (κ3) is 3.77. The van der Waals surface area contributed by atoms with Gasteiger partial charge in [-0.1, -0.05) is 18.6 Å². The molecule has 1 saturated heterocycles. The van der Waals surface area contributed by atoms with Crippen molar-refractivity contribution in [1.29, 1.82) is 0 Å². The Balaban J connectivity index is 1.54. The average molecular weight is 385 g/mol. The number of anilines is 1. The van der Waals surface area contributed by atoms with Gasteiger partial charge in [0.1, 0.15) is 0 Å². The zero-order valence-electron chi connectivity index (χ0n) is 15.3. The first-order chi connectivity index (χ1) is 13.0. The number of hydrogen-bond donors (Lipinski definition) is 1. The maximum atomic E-state index is 12.8. The Bertz CT molecular complexity index is 963. The topological polar surface area (TPSA) is 66.5 Å². The molecule has 0 unspecified atom stereocenters. The van der Waals surface area contributed by atoms with E-state index in [1.807, 2.05) is 12.1 Å². The Kier molecular flexibility index (Phi) is 5.02. The standard InChI is InChI=1S/C21H24N2O3S/c24-21(22-19-11-10-16-6-4-7-17(16)14-19)18-8-5-9-20(15-18)27(25,26)23-12-2-1-3-13-23/h5,8-11,14-15H,1-4,6-7,12-13H2,(H,22,24). The van der Waals surface area contributed by atoms with Crippen molar-refractivity contribution in [2.75, 3.05) is 18.4 Å². The molecule has 2 aliphatic rings. The van der Waals surface area contributed by atoms with Gasteiger partial charge in [-0.05, 0) is 73.6 Å². The molecule has 2 aromatic rings. The normalized spacial score (nSPS) is 17.5. The average Bonchev–Trinajstić information content (AvgIpc) is 3.16. The monoisotopic (exact) mass is 384 g/mol. The molecule has 1 amide bonds. The number of nitrogens with zero attached hydrogens (tertiary/aromatic N) is 1. The Morgan fingerprint density at radius 3 is 2.48 bits per heavy atom. The summed E-state index contributed by atoms with van der Waals surface area (Å²) in [4.78, 5) is 12.8. The lowest BCUT2D eigenvalue weighted by atomic mass is 10.1. The third-order valence-electron chi connectivity index (χ3n) is 5.41. The summed E-state index contributed by atoms with van der Waals surface area (Å²) in [5.41, 5.74) is 3.75. The maximum Gasteiger partial charge on any atom is 0.255 e. The first-order valence-electron chi connectivity index (χ1n) is 9.57. The molecule has 142 valence electrons. The molecule has 1 N–H and O–H groups in total. The zero-order chi connectivity index (χ0) is 18.9. The van der Waals surface area contributed by atoms with Gasteiger partial charge in [0.05, 0.1) is 4.90 Å². The number of hydrogen-bond acceptors (Lipinski definition) is 3. The highest BCUT2D eigenvalue weighted by molar-refractivity contribution is 7.89. The van der Waals surface area contributed by atoms with E-state index < -0.39 is 10.0 Å². The van der Waals surface area contributed by atoms with E-state index in [9.17, 15) is 13.2 Å². The van der Waals surface area contributed by atoms with Gasteiger partial charge in [0.2, 0.25) is 10.0 Å². The molecule has 0 bridgehead atoms. The van der Waals surface area contributed by atoms with E-state index in [1.54, 1.807) is 18.2 Å². The second-order valence-corrected chi connectivity index (χ2v) is 9.22. The number of carbonyl (C=O) groups excluding carboxylic acids is 1. The number of fused-ring (bicyclic) bond motifs is 1. The number of aryl methyl sites for hydroxylation is 2. The van der Waals surface area contributed by atoms with Crippen LogP contribution in [-0.2, 0) is 22.9 Å². The summed E-state index contributed by atoms with van der Waals surface area (Å²) in [6.45, 7) is 1.10. The van der Waals surface area contributed by atoms with Crippen molar-refractivity contribution in [2.24, 2.45) is 0 Å². The van der Waals surface area contributed by atoms with E-state index in [-0.39, 0.29) is 10.8 Å². The number of sulfonamides is 1. The molecule has 0 aromatic heterocycles. The molecule has 4 rings (SSSR count). The summed E-state index contributed by atoms with van der Waals surface area (Å²) in [6.07, 6.45) is 6.14. The summed E-state index contributed by atoms with van der Waals surface area (Å²) in [7, 11) is -3.55. The first-order valence-corrected chi connectivity index (χ1v) is 11.0. The van der Waals surface area contributed by atoms with E-state index >= 15 is 0 Å². The van der Waals surface area contributed by atoms with E-state index in [0.717, 1.165) is 44.2 Å². The molecule has 1 aliphatic carbocycles. The van der Waals surface area contributed by atoms with Gasteiger partial charge < -0.3 is 5.32 Å². The van der Waals surface area contributed by atoms with Gasteiger partial charge in [-0.3, -0.25) is 4.79 Å².